The van der Waals surface area contributed by atoms with Gasteiger partial charge in [-0.05, 0) is 57.0 Å². The standard InChI is InChI=1S/C19H31N3O4S/c1-5-14-11-18(26-4)16(12-17(14)21-27(24,25)7-3)19(23)20-13-15-9-8-10-22(15)6-2/h11-12,15,21H,5-10,13H2,1-4H3,(H,20,23). The largest absolute Gasteiger partial charge is 0.496 e. The normalized spacial score (nSPS) is 17.7. The van der Waals surface area contributed by atoms with E-state index in [0.717, 1.165) is 31.5 Å². The predicted octanol–water partition coefficient (Wildman–Crippen LogP) is 2.23. The summed E-state index contributed by atoms with van der Waals surface area (Å²) in [5, 5.41) is 2.98. The van der Waals surface area contributed by atoms with Crippen LogP contribution in [0.5, 0.6) is 5.75 Å². The van der Waals surface area contributed by atoms with Crippen LogP contribution in [0.3, 0.4) is 0 Å². The zero-order valence-corrected chi connectivity index (χ0v) is 17.5. The van der Waals surface area contributed by atoms with Crippen LogP contribution in [0.1, 0.15) is 49.5 Å². The van der Waals surface area contributed by atoms with E-state index in [9.17, 15) is 13.2 Å². The molecule has 0 saturated carbocycles. The lowest BCUT2D eigenvalue weighted by molar-refractivity contribution is 0.0938. The third-order valence-electron chi connectivity index (χ3n) is 5.10. The molecule has 0 spiro atoms. The highest BCUT2D eigenvalue weighted by Crippen LogP contribution is 2.29. The van der Waals surface area contributed by atoms with E-state index < -0.39 is 10.0 Å². The maximum absolute atomic E-state index is 12.8. The predicted molar refractivity (Wildman–Crippen MR) is 108 cm³/mol. The summed E-state index contributed by atoms with van der Waals surface area (Å²) in [5.41, 5.74) is 1.55. The summed E-state index contributed by atoms with van der Waals surface area (Å²) in [7, 11) is -1.92. The first-order valence-corrected chi connectivity index (χ1v) is 11.2. The van der Waals surface area contributed by atoms with Crippen LogP contribution in [0.25, 0.3) is 0 Å². The molecule has 27 heavy (non-hydrogen) atoms. The Hall–Kier alpha value is -1.80. The fourth-order valence-corrected chi connectivity index (χ4v) is 4.11. The first kappa shape index (κ1) is 21.5. The molecular weight excluding hydrogens is 366 g/mol. The van der Waals surface area contributed by atoms with Gasteiger partial charge in [-0.25, -0.2) is 8.42 Å². The summed E-state index contributed by atoms with van der Waals surface area (Å²) < 4.78 is 31.9. The van der Waals surface area contributed by atoms with Crippen molar-refractivity contribution in [3.63, 3.8) is 0 Å². The van der Waals surface area contributed by atoms with Gasteiger partial charge in [-0.15, -0.1) is 0 Å². The van der Waals surface area contributed by atoms with Gasteiger partial charge in [0.05, 0.1) is 24.1 Å². The molecule has 7 nitrogen and oxygen atoms in total. The number of hydrogen-bond acceptors (Lipinski definition) is 5. The summed E-state index contributed by atoms with van der Waals surface area (Å²) in [6.45, 7) is 8.23. The number of hydrogen-bond donors (Lipinski definition) is 2. The maximum atomic E-state index is 12.8. The van der Waals surface area contributed by atoms with Crippen LogP contribution in [-0.4, -0.2) is 57.8 Å². The molecule has 1 atom stereocenters. The van der Waals surface area contributed by atoms with E-state index in [2.05, 4.69) is 21.9 Å². The van der Waals surface area contributed by atoms with Crippen LogP contribution in [0, 0.1) is 0 Å². The lowest BCUT2D eigenvalue weighted by Gasteiger charge is -2.23. The Morgan fingerprint density at radius 2 is 2.04 bits per heavy atom. The van der Waals surface area contributed by atoms with Crippen LogP contribution in [0.2, 0.25) is 0 Å². The van der Waals surface area contributed by atoms with Gasteiger partial charge in [0.25, 0.3) is 5.91 Å². The molecule has 1 aliphatic rings. The molecular formula is C19H31N3O4S. The van der Waals surface area contributed by atoms with Crippen LogP contribution in [-0.2, 0) is 16.4 Å². The van der Waals surface area contributed by atoms with Crippen molar-refractivity contribution >= 4 is 21.6 Å². The third kappa shape index (κ3) is 5.35. The van der Waals surface area contributed by atoms with Crippen LogP contribution < -0.4 is 14.8 Å². The molecule has 1 unspecified atom stereocenters. The number of ether oxygens (including phenoxy) is 1. The van der Waals surface area contributed by atoms with Gasteiger partial charge in [0.2, 0.25) is 10.0 Å². The van der Waals surface area contributed by atoms with Crippen molar-refractivity contribution in [1.29, 1.82) is 0 Å². The van der Waals surface area contributed by atoms with Gasteiger partial charge in [-0.3, -0.25) is 14.4 Å². The Morgan fingerprint density at radius 1 is 1.30 bits per heavy atom. The average molecular weight is 398 g/mol. The molecule has 2 N–H and O–H groups in total. The van der Waals surface area contributed by atoms with Gasteiger partial charge in [0.15, 0.2) is 0 Å². The minimum atomic E-state index is -3.43. The molecule has 1 fully saturated rings. The lowest BCUT2D eigenvalue weighted by atomic mass is 10.0. The molecule has 1 amide bonds. The lowest BCUT2D eigenvalue weighted by Crippen LogP contribution is -2.40. The highest BCUT2D eigenvalue weighted by atomic mass is 32.2. The van der Waals surface area contributed by atoms with Gasteiger partial charge >= 0.3 is 0 Å². The summed E-state index contributed by atoms with van der Waals surface area (Å²) >= 11 is 0. The first-order valence-electron chi connectivity index (χ1n) is 9.58. The molecule has 1 aromatic carbocycles. The monoisotopic (exact) mass is 397 g/mol. The van der Waals surface area contributed by atoms with E-state index in [-0.39, 0.29) is 11.7 Å². The molecule has 0 radical (unpaired) electrons. The van der Waals surface area contributed by atoms with Crippen molar-refractivity contribution in [2.75, 3.05) is 37.2 Å². The number of methoxy groups -OCH3 is 1. The number of sulfonamides is 1. The quantitative estimate of drug-likeness (QED) is 0.667. The number of rotatable bonds is 9. The summed E-state index contributed by atoms with van der Waals surface area (Å²) in [4.78, 5) is 15.1. The number of carbonyl (C=O) groups excluding carboxylic acids is 1. The molecule has 0 aromatic heterocycles. The number of nitrogens with zero attached hydrogens (tertiary/aromatic N) is 1. The molecule has 1 aromatic rings. The van der Waals surface area contributed by atoms with Gasteiger partial charge in [0, 0.05) is 12.6 Å². The molecule has 2 rings (SSSR count). The van der Waals surface area contributed by atoms with Crippen molar-refractivity contribution in [2.24, 2.45) is 0 Å². The summed E-state index contributed by atoms with van der Waals surface area (Å²) in [6.07, 6.45) is 2.83. The Labute approximate surface area is 162 Å². The number of aryl methyl sites for hydroxylation is 1. The minimum Gasteiger partial charge on any atom is -0.496 e. The van der Waals surface area contributed by atoms with Crippen LogP contribution in [0.4, 0.5) is 5.69 Å². The van der Waals surface area contributed by atoms with Crippen LogP contribution in [0.15, 0.2) is 12.1 Å². The van der Waals surface area contributed by atoms with Gasteiger partial charge in [-0.1, -0.05) is 13.8 Å². The SMILES string of the molecule is CCc1cc(OC)c(C(=O)NCC2CCCN2CC)cc1NS(=O)(=O)CC. The van der Waals surface area contributed by atoms with Gasteiger partial charge in [0.1, 0.15) is 5.75 Å². The zero-order valence-electron chi connectivity index (χ0n) is 16.7. The molecule has 1 heterocycles. The number of carbonyl (C=O) groups is 1. The van der Waals surface area contributed by atoms with Crippen molar-refractivity contribution in [3.05, 3.63) is 23.3 Å². The maximum Gasteiger partial charge on any atom is 0.255 e. The average Bonchev–Trinajstić information content (AvgIpc) is 3.13. The highest BCUT2D eigenvalue weighted by molar-refractivity contribution is 7.92. The van der Waals surface area contributed by atoms with Crippen molar-refractivity contribution in [1.82, 2.24) is 10.2 Å². The fourth-order valence-electron chi connectivity index (χ4n) is 3.44. The Bertz CT molecular complexity index is 764. The Balaban J connectivity index is 2.24. The van der Waals surface area contributed by atoms with Crippen molar-refractivity contribution < 1.29 is 17.9 Å². The molecule has 0 aliphatic carbocycles. The second-order valence-corrected chi connectivity index (χ2v) is 8.71. The summed E-state index contributed by atoms with van der Waals surface area (Å²) in [6, 6.07) is 3.65. The third-order valence-corrected chi connectivity index (χ3v) is 6.39. The molecule has 1 aliphatic heterocycles. The number of nitrogens with one attached hydrogen (secondary N) is 2. The molecule has 0 bridgehead atoms. The van der Waals surface area contributed by atoms with Crippen molar-refractivity contribution in [3.8, 4) is 5.75 Å². The number of amides is 1. The first-order chi connectivity index (χ1) is 12.8. The summed E-state index contributed by atoms with van der Waals surface area (Å²) in [5.74, 6) is 0.162. The van der Waals surface area contributed by atoms with E-state index in [4.69, 9.17) is 4.74 Å². The Morgan fingerprint density at radius 3 is 2.63 bits per heavy atom. The zero-order chi connectivity index (χ0) is 20.0. The van der Waals surface area contributed by atoms with E-state index in [1.54, 1.807) is 19.1 Å². The van der Waals surface area contributed by atoms with Gasteiger partial charge in [-0.2, -0.15) is 0 Å². The van der Waals surface area contributed by atoms with Gasteiger partial charge < -0.3 is 10.1 Å². The fraction of sp³-hybridized carbons (Fsp3) is 0.632. The van der Waals surface area contributed by atoms with E-state index in [1.165, 1.54) is 7.11 Å². The number of anilines is 1. The second kappa shape index (κ2) is 9.41. The smallest absolute Gasteiger partial charge is 0.255 e. The molecule has 8 heteroatoms. The number of likely N-dealkylation sites (tertiary alicyclic amines) is 1. The number of likely N-dealkylation sites (N-methyl/N-ethyl adjacent to an activating group) is 1. The minimum absolute atomic E-state index is 0.0295. The molecule has 152 valence electrons. The van der Waals surface area contributed by atoms with E-state index in [0.29, 0.717) is 36.0 Å². The van der Waals surface area contributed by atoms with Crippen molar-refractivity contribution in [2.45, 2.75) is 46.1 Å². The van der Waals surface area contributed by atoms with Crippen LogP contribution >= 0.6 is 0 Å². The second-order valence-electron chi connectivity index (χ2n) is 6.70. The number of benzene rings is 1. The molecule has 1 saturated heterocycles. The topological polar surface area (TPSA) is 87.7 Å². The Kier molecular flexibility index (Phi) is 7.49. The van der Waals surface area contributed by atoms with E-state index >= 15 is 0 Å². The highest BCUT2D eigenvalue weighted by Gasteiger charge is 2.24. The van der Waals surface area contributed by atoms with E-state index in [1.807, 2.05) is 6.92 Å².